The molecule has 29 heavy (non-hydrogen) atoms. The van der Waals surface area contributed by atoms with Gasteiger partial charge in [-0.15, -0.1) is 0 Å². The standard InChI is InChI=1S/C23H22N2O4/c1-16(2)28-20-14-8-6-12-18(20)24-22(26)23(27)25-19-13-7-9-15-21(19)29-17-10-4-3-5-11-17/h3-16H,1-2H3,(H,24,26)(H,25,27). The first-order chi connectivity index (χ1) is 14.0. The van der Waals surface area contributed by atoms with E-state index < -0.39 is 11.8 Å². The quantitative estimate of drug-likeness (QED) is 0.590. The van der Waals surface area contributed by atoms with Gasteiger partial charge in [0.25, 0.3) is 0 Å². The Balaban J connectivity index is 1.70. The molecule has 0 atom stereocenters. The first-order valence-corrected chi connectivity index (χ1v) is 9.23. The normalized spacial score (nSPS) is 10.3. The molecular weight excluding hydrogens is 368 g/mol. The van der Waals surface area contributed by atoms with Gasteiger partial charge in [-0.1, -0.05) is 42.5 Å². The van der Waals surface area contributed by atoms with Crippen molar-refractivity contribution in [3.8, 4) is 17.2 Å². The van der Waals surface area contributed by atoms with E-state index in [1.165, 1.54) is 0 Å². The summed E-state index contributed by atoms with van der Waals surface area (Å²) in [4.78, 5) is 24.8. The van der Waals surface area contributed by atoms with Gasteiger partial charge in [-0.05, 0) is 50.2 Å². The number of hydrogen-bond donors (Lipinski definition) is 2. The van der Waals surface area contributed by atoms with Gasteiger partial charge in [-0.3, -0.25) is 9.59 Å². The van der Waals surface area contributed by atoms with E-state index in [2.05, 4.69) is 10.6 Å². The minimum Gasteiger partial charge on any atom is -0.489 e. The van der Waals surface area contributed by atoms with Gasteiger partial charge in [0.1, 0.15) is 11.5 Å². The Bertz CT molecular complexity index is 987. The summed E-state index contributed by atoms with van der Waals surface area (Å²) < 4.78 is 11.5. The van der Waals surface area contributed by atoms with Gasteiger partial charge in [0.2, 0.25) is 0 Å². The Hall–Kier alpha value is -3.80. The predicted octanol–water partition coefficient (Wildman–Crippen LogP) is 4.84. The number of amides is 2. The summed E-state index contributed by atoms with van der Waals surface area (Å²) in [7, 11) is 0. The van der Waals surface area contributed by atoms with Crippen LogP contribution in [0, 0.1) is 0 Å². The number of carbonyl (C=O) groups excluding carboxylic acids is 2. The Morgan fingerprint density at radius 1 is 0.690 bits per heavy atom. The third kappa shape index (κ3) is 5.59. The van der Waals surface area contributed by atoms with Crippen LogP contribution in [0.2, 0.25) is 0 Å². The van der Waals surface area contributed by atoms with Crippen molar-refractivity contribution in [2.75, 3.05) is 10.6 Å². The molecule has 2 N–H and O–H groups in total. The van der Waals surface area contributed by atoms with Crippen molar-refractivity contribution in [3.05, 3.63) is 78.9 Å². The van der Waals surface area contributed by atoms with E-state index in [1.54, 1.807) is 60.7 Å². The van der Waals surface area contributed by atoms with Crippen LogP contribution >= 0.6 is 0 Å². The average molecular weight is 390 g/mol. The van der Waals surface area contributed by atoms with Crippen LogP contribution in [0.1, 0.15) is 13.8 Å². The van der Waals surface area contributed by atoms with E-state index in [0.29, 0.717) is 28.6 Å². The lowest BCUT2D eigenvalue weighted by Crippen LogP contribution is -2.29. The lowest BCUT2D eigenvalue weighted by molar-refractivity contribution is -0.133. The first kappa shape index (κ1) is 19.9. The molecule has 148 valence electrons. The zero-order valence-electron chi connectivity index (χ0n) is 16.2. The van der Waals surface area contributed by atoms with Crippen LogP contribution in [0.5, 0.6) is 17.2 Å². The van der Waals surface area contributed by atoms with Crippen LogP contribution in [-0.4, -0.2) is 17.9 Å². The molecule has 0 saturated heterocycles. The maximum Gasteiger partial charge on any atom is 0.314 e. The first-order valence-electron chi connectivity index (χ1n) is 9.23. The summed E-state index contributed by atoms with van der Waals surface area (Å²) in [5.74, 6) is -0.0638. The molecule has 3 aromatic rings. The summed E-state index contributed by atoms with van der Waals surface area (Å²) in [6.45, 7) is 3.77. The van der Waals surface area contributed by atoms with E-state index in [4.69, 9.17) is 9.47 Å². The number of anilines is 2. The summed E-state index contributed by atoms with van der Waals surface area (Å²) in [5, 5.41) is 5.18. The zero-order chi connectivity index (χ0) is 20.6. The van der Waals surface area contributed by atoms with Crippen LogP contribution in [-0.2, 0) is 9.59 Å². The average Bonchev–Trinajstić information content (AvgIpc) is 2.71. The van der Waals surface area contributed by atoms with Crippen molar-refractivity contribution in [2.45, 2.75) is 20.0 Å². The number of hydrogen-bond acceptors (Lipinski definition) is 4. The molecule has 0 aliphatic heterocycles. The lowest BCUT2D eigenvalue weighted by atomic mass is 10.2. The molecule has 0 unspecified atom stereocenters. The van der Waals surface area contributed by atoms with Crippen LogP contribution in [0.3, 0.4) is 0 Å². The van der Waals surface area contributed by atoms with Crippen molar-refractivity contribution < 1.29 is 19.1 Å². The Morgan fingerprint density at radius 3 is 1.76 bits per heavy atom. The Morgan fingerprint density at radius 2 is 1.17 bits per heavy atom. The van der Waals surface area contributed by atoms with Crippen LogP contribution in [0.4, 0.5) is 11.4 Å². The number of rotatable bonds is 6. The highest BCUT2D eigenvalue weighted by Crippen LogP contribution is 2.29. The molecule has 0 aliphatic rings. The van der Waals surface area contributed by atoms with E-state index in [0.717, 1.165) is 0 Å². The minimum absolute atomic E-state index is 0.0658. The second kappa shape index (κ2) is 9.41. The molecule has 0 fully saturated rings. The topological polar surface area (TPSA) is 76.7 Å². The molecule has 0 spiro atoms. The third-order valence-electron chi connectivity index (χ3n) is 3.81. The molecule has 6 heteroatoms. The summed E-state index contributed by atoms with van der Waals surface area (Å²) in [5.41, 5.74) is 0.818. The molecule has 2 amide bonds. The van der Waals surface area contributed by atoms with Crippen LogP contribution < -0.4 is 20.1 Å². The highest BCUT2D eigenvalue weighted by Gasteiger charge is 2.18. The van der Waals surface area contributed by atoms with E-state index >= 15 is 0 Å². The predicted molar refractivity (Wildman–Crippen MR) is 112 cm³/mol. The zero-order valence-corrected chi connectivity index (χ0v) is 16.2. The number of nitrogens with one attached hydrogen (secondary N) is 2. The van der Waals surface area contributed by atoms with Gasteiger partial charge in [0, 0.05) is 0 Å². The molecule has 0 aliphatic carbocycles. The van der Waals surface area contributed by atoms with E-state index in [1.807, 2.05) is 32.0 Å². The molecular formula is C23H22N2O4. The second-order valence-electron chi connectivity index (χ2n) is 6.48. The maximum absolute atomic E-state index is 12.4. The number of ether oxygens (including phenoxy) is 2. The third-order valence-corrected chi connectivity index (χ3v) is 3.81. The lowest BCUT2D eigenvalue weighted by Gasteiger charge is -2.15. The van der Waals surface area contributed by atoms with Gasteiger partial charge in [0.15, 0.2) is 5.75 Å². The van der Waals surface area contributed by atoms with Gasteiger partial charge < -0.3 is 20.1 Å². The SMILES string of the molecule is CC(C)Oc1ccccc1NC(=O)C(=O)Nc1ccccc1Oc1ccccc1. The molecule has 6 nitrogen and oxygen atoms in total. The fraction of sp³-hybridized carbons (Fsp3) is 0.130. The largest absolute Gasteiger partial charge is 0.489 e. The molecule has 3 aromatic carbocycles. The summed E-state index contributed by atoms with van der Waals surface area (Å²) in [6.07, 6.45) is -0.0658. The van der Waals surface area contributed by atoms with Crippen molar-refractivity contribution >= 4 is 23.2 Å². The number of para-hydroxylation sites is 5. The van der Waals surface area contributed by atoms with E-state index in [9.17, 15) is 9.59 Å². The molecule has 0 saturated carbocycles. The fourth-order valence-corrected chi connectivity index (χ4v) is 2.56. The van der Waals surface area contributed by atoms with Gasteiger partial charge in [0.05, 0.1) is 17.5 Å². The van der Waals surface area contributed by atoms with Gasteiger partial charge >= 0.3 is 11.8 Å². The van der Waals surface area contributed by atoms with Gasteiger partial charge in [-0.25, -0.2) is 0 Å². The summed E-state index contributed by atoms with van der Waals surface area (Å²) >= 11 is 0. The molecule has 0 heterocycles. The molecule has 0 aromatic heterocycles. The van der Waals surface area contributed by atoms with Gasteiger partial charge in [-0.2, -0.15) is 0 Å². The molecule has 0 radical (unpaired) electrons. The maximum atomic E-state index is 12.4. The minimum atomic E-state index is -0.812. The van der Waals surface area contributed by atoms with Crippen molar-refractivity contribution in [3.63, 3.8) is 0 Å². The monoisotopic (exact) mass is 390 g/mol. The summed E-state index contributed by atoms with van der Waals surface area (Å²) in [6, 6.07) is 23.1. The fourth-order valence-electron chi connectivity index (χ4n) is 2.56. The Kier molecular flexibility index (Phi) is 6.47. The molecule has 0 bridgehead atoms. The van der Waals surface area contributed by atoms with E-state index in [-0.39, 0.29) is 6.10 Å². The van der Waals surface area contributed by atoms with Crippen LogP contribution in [0.15, 0.2) is 78.9 Å². The smallest absolute Gasteiger partial charge is 0.314 e. The van der Waals surface area contributed by atoms with Crippen molar-refractivity contribution in [1.29, 1.82) is 0 Å². The van der Waals surface area contributed by atoms with Crippen molar-refractivity contribution in [2.24, 2.45) is 0 Å². The number of carbonyl (C=O) groups is 2. The molecule has 3 rings (SSSR count). The Labute approximate surface area is 169 Å². The second-order valence-corrected chi connectivity index (χ2v) is 6.48. The highest BCUT2D eigenvalue weighted by molar-refractivity contribution is 6.43. The number of benzene rings is 3. The van der Waals surface area contributed by atoms with Crippen LogP contribution in [0.25, 0.3) is 0 Å². The van der Waals surface area contributed by atoms with Crippen molar-refractivity contribution in [1.82, 2.24) is 0 Å². The highest BCUT2D eigenvalue weighted by atomic mass is 16.5.